The molecule has 0 aromatic heterocycles. The Morgan fingerprint density at radius 3 is 2.56 bits per heavy atom. The van der Waals surface area contributed by atoms with Gasteiger partial charge in [0.1, 0.15) is 0 Å². The highest BCUT2D eigenvalue weighted by Crippen LogP contribution is 2.40. The topological polar surface area (TPSA) is 94.3 Å². The third-order valence-corrected chi connectivity index (χ3v) is 5.36. The summed E-state index contributed by atoms with van der Waals surface area (Å²) in [5.41, 5.74) is -1.50. The van der Waals surface area contributed by atoms with Crippen molar-refractivity contribution in [3.63, 3.8) is 0 Å². The Kier molecular flexibility index (Phi) is 6.99. The zero-order valence-corrected chi connectivity index (χ0v) is 17.9. The van der Waals surface area contributed by atoms with Crippen LogP contribution in [0.1, 0.15) is 18.1 Å². The van der Waals surface area contributed by atoms with Gasteiger partial charge in [0.2, 0.25) is 5.75 Å². The highest BCUT2D eigenvalue weighted by molar-refractivity contribution is 8.23. The van der Waals surface area contributed by atoms with Crippen LogP contribution in [-0.2, 0) is 11.0 Å². The summed E-state index contributed by atoms with van der Waals surface area (Å²) >= 11 is 6.24. The van der Waals surface area contributed by atoms with Crippen LogP contribution in [-0.4, -0.2) is 38.7 Å². The summed E-state index contributed by atoms with van der Waals surface area (Å²) in [6.45, 7) is 1.92. The number of nitro benzene ring substituents is 1. The number of carbonyl (C=O) groups excluding carboxylic acids is 1. The summed E-state index contributed by atoms with van der Waals surface area (Å²) in [5, 5.41) is 16.4. The van der Waals surface area contributed by atoms with E-state index >= 15 is 0 Å². The average Bonchev–Trinajstić information content (AvgIpc) is 3.05. The Bertz CT molecular complexity index is 1090. The maximum absolute atomic E-state index is 12.9. The smallest absolute Gasteiger partial charge is 0.416 e. The first-order chi connectivity index (χ1) is 15.1. The third kappa shape index (κ3) is 5.34. The number of alkyl halides is 3. The zero-order chi connectivity index (χ0) is 23.5. The van der Waals surface area contributed by atoms with Crippen molar-refractivity contribution in [2.24, 2.45) is 5.10 Å². The van der Waals surface area contributed by atoms with Crippen molar-refractivity contribution in [3.8, 4) is 17.2 Å². The van der Waals surface area contributed by atoms with Gasteiger partial charge in [0.05, 0.1) is 29.1 Å². The molecule has 32 heavy (non-hydrogen) atoms. The van der Waals surface area contributed by atoms with Crippen LogP contribution < -0.4 is 9.47 Å². The van der Waals surface area contributed by atoms with Crippen molar-refractivity contribution in [2.75, 3.05) is 12.4 Å². The van der Waals surface area contributed by atoms with Gasteiger partial charge in [-0.3, -0.25) is 14.9 Å². The molecule has 0 aliphatic carbocycles. The van der Waals surface area contributed by atoms with Crippen molar-refractivity contribution in [1.29, 1.82) is 0 Å². The van der Waals surface area contributed by atoms with Crippen LogP contribution in [0.2, 0.25) is 0 Å². The minimum atomic E-state index is -4.74. The van der Waals surface area contributed by atoms with Crippen molar-refractivity contribution in [3.05, 3.63) is 57.6 Å². The predicted molar refractivity (Wildman–Crippen MR) is 115 cm³/mol. The molecule has 1 saturated heterocycles. The number of rotatable bonds is 7. The van der Waals surface area contributed by atoms with Gasteiger partial charge in [-0.25, -0.2) is 0 Å². The molecular weight excluding hydrogens is 471 g/mol. The number of carbonyl (C=O) groups is 1. The summed E-state index contributed by atoms with van der Waals surface area (Å²) in [6.07, 6.45) is -3.36. The number of hydrogen-bond acceptors (Lipinski definition) is 8. The standard InChI is InChI=1S/C19H14F3N3O5S2/c1-2-29-16-7-11(9-23-24-17(26)10-32-18(24)31)3-5-15(16)30-14-6-4-12(19(20,21)22)8-13(14)25(27)28/h3-9H,2,10H2,1H3/b23-9+. The highest BCUT2D eigenvalue weighted by Gasteiger charge is 2.33. The van der Waals surface area contributed by atoms with Crippen LogP contribution in [0.4, 0.5) is 18.9 Å². The van der Waals surface area contributed by atoms with Gasteiger partial charge in [-0.05, 0) is 42.8 Å². The fraction of sp³-hybridized carbons (Fsp3) is 0.211. The Morgan fingerprint density at radius 2 is 1.97 bits per heavy atom. The molecule has 2 aromatic rings. The number of hydrogen-bond donors (Lipinski definition) is 0. The first-order valence-corrected chi connectivity index (χ1v) is 10.3. The Labute approximate surface area is 189 Å². The van der Waals surface area contributed by atoms with E-state index in [1.807, 2.05) is 0 Å². The number of nitro groups is 1. The SMILES string of the molecule is CCOc1cc(/C=N/N2C(=O)CSC2=S)ccc1Oc1ccc(C(F)(F)F)cc1[N+](=O)[O-]. The second kappa shape index (κ2) is 9.53. The molecule has 13 heteroatoms. The normalized spacial score (nSPS) is 14.3. The van der Waals surface area contributed by atoms with E-state index in [2.05, 4.69) is 5.10 Å². The second-order valence-corrected chi connectivity index (χ2v) is 7.79. The van der Waals surface area contributed by atoms with Gasteiger partial charge in [-0.1, -0.05) is 24.0 Å². The quantitative estimate of drug-likeness (QED) is 0.236. The fourth-order valence-corrected chi connectivity index (χ4v) is 3.55. The van der Waals surface area contributed by atoms with E-state index in [1.165, 1.54) is 36.2 Å². The minimum absolute atomic E-state index is 0.0511. The Morgan fingerprint density at radius 1 is 1.25 bits per heavy atom. The minimum Gasteiger partial charge on any atom is -0.490 e. The Hall–Kier alpha value is -3.19. The molecular formula is C19H14F3N3O5S2. The summed E-state index contributed by atoms with van der Waals surface area (Å²) in [5.74, 6) is -0.198. The van der Waals surface area contributed by atoms with Crippen LogP contribution >= 0.6 is 24.0 Å². The fourth-order valence-electron chi connectivity index (χ4n) is 2.58. The van der Waals surface area contributed by atoms with Gasteiger partial charge in [-0.15, -0.1) is 0 Å². The predicted octanol–water partition coefficient (Wildman–Crippen LogP) is 5.00. The van der Waals surface area contributed by atoms with Crippen molar-refractivity contribution >= 4 is 46.1 Å². The van der Waals surface area contributed by atoms with Crippen LogP contribution in [0.25, 0.3) is 0 Å². The molecule has 0 unspecified atom stereocenters. The van der Waals surface area contributed by atoms with E-state index in [9.17, 15) is 28.1 Å². The lowest BCUT2D eigenvalue weighted by molar-refractivity contribution is -0.385. The molecule has 1 fully saturated rings. The summed E-state index contributed by atoms with van der Waals surface area (Å²) in [4.78, 5) is 22.1. The summed E-state index contributed by atoms with van der Waals surface area (Å²) in [7, 11) is 0. The number of halogens is 3. The molecule has 0 N–H and O–H groups in total. The first kappa shape index (κ1) is 23.5. The first-order valence-electron chi connectivity index (χ1n) is 8.94. The number of thiocarbonyl (C=S) groups is 1. The number of ether oxygens (including phenoxy) is 2. The van der Waals surface area contributed by atoms with E-state index in [0.717, 1.165) is 11.1 Å². The van der Waals surface area contributed by atoms with E-state index in [1.54, 1.807) is 6.92 Å². The van der Waals surface area contributed by atoms with Gasteiger partial charge in [0.15, 0.2) is 15.8 Å². The zero-order valence-electron chi connectivity index (χ0n) is 16.3. The lowest BCUT2D eigenvalue weighted by Gasteiger charge is -2.14. The molecule has 168 valence electrons. The molecule has 8 nitrogen and oxygen atoms in total. The van der Waals surface area contributed by atoms with Crippen molar-refractivity contribution in [1.82, 2.24) is 5.01 Å². The van der Waals surface area contributed by atoms with Crippen LogP contribution in [0, 0.1) is 10.1 Å². The lowest BCUT2D eigenvalue weighted by Crippen LogP contribution is -2.22. The summed E-state index contributed by atoms with van der Waals surface area (Å²) in [6, 6.07) is 6.45. The monoisotopic (exact) mass is 485 g/mol. The van der Waals surface area contributed by atoms with Gasteiger partial charge in [0, 0.05) is 6.07 Å². The molecule has 3 rings (SSSR count). The van der Waals surface area contributed by atoms with Gasteiger partial charge in [-0.2, -0.15) is 23.3 Å². The van der Waals surface area contributed by atoms with Crippen LogP contribution in [0.3, 0.4) is 0 Å². The van der Waals surface area contributed by atoms with Gasteiger partial charge >= 0.3 is 11.9 Å². The summed E-state index contributed by atoms with van der Waals surface area (Å²) < 4.78 is 50.0. The number of nitrogens with zero attached hydrogens (tertiary/aromatic N) is 3. The van der Waals surface area contributed by atoms with Crippen molar-refractivity contribution in [2.45, 2.75) is 13.1 Å². The van der Waals surface area contributed by atoms with E-state index < -0.39 is 22.4 Å². The lowest BCUT2D eigenvalue weighted by atomic mass is 10.1. The maximum Gasteiger partial charge on any atom is 0.416 e. The Balaban J connectivity index is 1.91. The molecule has 0 radical (unpaired) electrons. The van der Waals surface area contributed by atoms with Crippen molar-refractivity contribution < 1.29 is 32.4 Å². The second-order valence-electron chi connectivity index (χ2n) is 6.18. The molecule has 1 amide bonds. The number of thioether (sulfide) groups is 1. The van der Waals surface area contributed by atoms with Gasteiger partial charge < -0.3 is 9.47 Å². The van der Waals surface area contributed by atoms with E-state index in [0.29, 0.717) is 22.0 Å². The molecule has 0 atom stereocenters. The molecule has 1 heterocycles. The number of hydrazone groups is 1. The third-order valence-electron chi connectivity index (χ3n) is 4.02. The van der Waals surface area contributed by atoms with E-state index in [-0.39, 0.29) is 35.5 Å². The number of benzene rings is 2. The molecule has 1 aliphatic heterocycles. The van der Waals surface area contributed by atoms with Crippen LogP contribution in [0.15, 0.2) is 41.5 Å². The molecule has 0 bridgehead atoms. The molecule has 0 spiro atoms. The molecule has 1 aliphatic rings. The van der Waals surface area contributed by atoms with E-state index in [4.69, 9.17) is 21.7 Å². The van der Waals surface area contributed by atoms with Gasteiger partial charge in [0.25, 0.3) is 5.91 Å². The largest absolute Gasteiger partial charge is 0.490 e. The average molecular weight is 485 g/mol. The maximum atomic E-state index is 12.9. The molecule has 2 aromatic carbocycles. The number of amides is 1. The van der Waals surface area contributed by atoms with Crippen LogP contribution in [0.5, 0.6) is 17.2 Å². The highest BCUT2D eigenvalue weighted by atomic mass is 32.2. The molecule has 0 saturated carbocycles.